The topological polar surface area (TPSA) is 132 Å². The number of amidine groups is 1. The average molecular weight is 530 g/mol. The zero-order valence-electron chi connectivity index (χ0n) is 21.8. The number of hydrazone groups is 1. The Bertz CT molecular complexity index is 1200. The van der Waals surface area contributed by atoms with Crippen molar-refractivity contribution < 1.29 is 28.6 Å². The molecule has 1 aromatic heterocycles. The SMILES string of the molecule is CN1NC(c2ccc(-c3ccc(N4C[C@H](CO)OC4=O)cc3F)cn2)=NN1CCCNC(=O)OC(C)(C)C. The normalized spacial score (nSPS) is 17.8. The van der Waals surface area contributed by atoms with Crippen LogP contribution < -0.4 is 15.6 Å². The summed E-state index contributed by atoms with van der Waals surface area (Å²) >= 11 is 0. The summed E-state index contributed by atoms with van der Waals surface area (Å²) in [6.07, 6.45) is 0.485. The number of carbonyl (C=O) groups excluding carboxylic acids is 2. The Kier molecular flexibility index (Phi) is 7.97. The van der Waals surface area contributed by atoms with Crippen LogP contribution in [0.5, 0.6) is 0 Å². The molecular formula is C25H32FN7O5. The van der Waals surface area contributed by atoms with Crippen molar-refractivity contribution in [3.8, 4) is 11.1 Å². The van der Waals surface area contributed by atoms with Crippen LogP contribution in [0.15, 0.2) is 41.6 Å². The van der Waals surface area contributed by atoms with Crippen LogP contribution >= 0.6 is 0 Å². The number of halogens is 1. The van der Waals surface area contributed by atoms with Gasteiger partial charge in [0.05, 0.1) is 25.4 Å². The molecule has 1 aromatic carbocycles. The van der Waals surface area contributed by atoms with Crippen LogP contribution in [0.4, 0.5) is 19.7 Å². The third-order valence-electron chi connectivity index (χ3n) is 5.69. The highest BCUT2D eigenvalue weighted by Crippen LogP contribution is 2.29. The molecule has 2 aromatic rings. The van der Waals surface area contributed by atoms with Crippen LogP contribution in [0.1, 0.15) is 32.9 Å². The van der Waals surface area contributed by atoms with Crippen molar-refractivity contribution in [2.24, 2.45) is 5.10 Å². The van der Waals surface area contributed by atoms with E-state index in [1.54, 1.807) is 40.7 Å². The Morgan fingerprint density at radius 2 is 2.11 bits per heavy atom. The van der Waals surface area contributed by atoms with E-state index < -0.39 is 29.7 Å². The number of hydrazine groups is 2. The van der Waals surface area contributed by atoms with Gasteiger partial charge >= 0.3 is 12.2 Å². The number of amides is 2. The van der Waals surface area contributed by atoms with Gasteiger partial charge in [-0.05, 0) is 51.5 Å². The Morgan fingerprint density at radius 1 is 1.32 bits per heavy atom. The van der Waals surface area contributed by atoms with E-state index in [0.29, 0.717) is 47.9 Å². The van der Waals surface area contributed by atoms with Crippen molar-refractivity contribution in [1.29, 1.82) is 0 Å². The van der Waals surface area contributed by atoms with Gasteiger partial charge in [-0.15, -0.1) is 10.2 Å². The minimum Gasteiger partial charge on any atom is -0.444 e. The zero-order valence-corrected chi connectivity index (χ0v) is 21.8. The predicted octanol–water partition coefficient (Wildman–Crippen LogP) is 2.45. The second kappa shape index (κ2) is 11.2. The molecule has 0 aliphatic carbocycles. The quantitative estimate of drug-likeness (QED) is 0.441. The number of nitrogens with one attached hydrogen (secondary N) is 2. The number of pyridine rings is 1. The molecule has 0 radical (unpaired) electrons. The van der Waals surface area contributed by atoms with Gasteiger partial charge in [0.2, 0.25) is 0 Å². The van der Waals surface area contributed by atoms with Gasteiger partial charge in [0.25, 0.3) is 0 Å². The standard InChI is InChI=1S/C25H32FN7O5/c1-25(2,3)38-23(35)27-10-5-11-33-30-22(29-31(33)4)21-9-6-16(13-28-21)19-8-7-17(12-20(19)26)32-14-18(15-34)37-24(32)36/h6-9,12-13,18,34H,5,10-11,14-15H2,1-4H3,(H,27,35)(H,29,30)/t18-/m1/s1. The molecular weight excluding hydrogens is 497 g/mol. The van der Waals surface area contributed by atoms with Gasteiger partial charge in [0, 0.05) is 30.9 Å². The Labute approximate surface area is 220 Å². The number of aliphatic hydroxyl groups excluding tert-OH is 1. The van der Waals surface area contributed by atoms with Crippen molar-refractivity contribution >= 4 is 23.7 Å². The number of benzene rings is 1. The maximum absolute atomic E-state index is 14.9. The van der Waals surface area contributed by atoms with Gasteiger partial charge in [-0.1, -0.05) is 6.07 Å². The van der Waals surface area contributed by atoms with Gasteiger partial charge in [-0.2, -0.15) is 0 Å². The fourth-order valence-electron chi connectivity index (χ4n) is 3.88. The number of hydrogen-bond acceptors (Lipinski definition) is 10. The van der Waals surface area contributed by atoms with E-state index in [4.69, 9.17) is 9.47 Å². The van der Waals surface area contributed by atoms with Crippen molar-refractivity contribution in [2.75, 3.05) is 38.2 Å². The average Bonchev–Trinajstić information content (AvgIpc) is 3.43. The molecule has 3 N–H and O–H groups in total. The van der Waals surface area contributed by atoms with Gasteiger partial charge in [-0.25, -0.2) is 19.1 Å². The first-order valence-electron chi connectivity index (χ1n) is 12.2. The summed E-state index contributed by atoms with van der Waals surface area (Å²) in [6, 6.07) is 7.94. The molecule has 204 valence electrons. The summed E-state index contributed by atoms with van der Waals surface area (Å²) in [5, 5.41) is 19.9. The molecule has 0 saturated carbocycles. The van der Waals surface area contributed by atoms with Crippen LogP contribution in [-0.2, 0) is 9.47 Å². The maximum Gasteiger partial charge on any atom is 0.414 e. The lowest BCUT2D eigenvalue weighted by Gasteiger charge is -2.22. The summed E-state index contributed by atoms with van der Waals surface area (Å²) in [5.74, 6) is 0.0143. The third-order valence-corrected chi connectivity index (χ3v) is 5.69. The van der Waals surface area contributed by atoms with Crippen molar-refractivity contribution in [2.45, 2.75) is 38.9 Å². The monoisotopic (exact) mass is 529 g/mol. The molecule has 4 rings (SSSR count). The molecule has 3 heterocycles. The lowest BCUT2D eigenvalue weighted by Crippen LogP contribution is -2.42. The van der Waals surface area contributed by atoms with Gasteiger partial charge < -0.3 is 19.9 Å². The highest BCUT2D eigenvalue weighted by molar-refractivity contribution is 5.97. The number of nitrogens with zero attached hydrogens (tertiary/aromatic N) is 5. The Hall–Kier alpha value is -3.97. The second-order valence-corrected chi connectivity index (χ2v) is 9.86. The largest absolute Gasteiger partial charge is 0.444 e. The number of aliphatic hydroxyl groups is 1. The van der Waals surface area contributed by atoms with E-state index in [1.807, 2.05) is 27.8 Å². The summed E-state index contributed by atoms with van der Waals surface area (Å²) in [7, 11) is 1.81. The van der Waals surface area contributed by atoms with E-state index in [1.165, 1.54) is 11.0 Å². The maximum atomic E-state index is 14.9. The summed E-state index contributed by atoms with van der Waals surface area (Å²) in [4.78, 5) is 29.5. The van der Waals surface area contributed by atoms with Crippen molar-refractivity contribution in [1.82, 2.24) is 26.0 Å². The molecule has 2 amide bonds. The Balaban J connectivity index is 1.35. The first-order valence-corrected chi connectivity index (χ1v) is 12.2. The van der Waals surface area contributed by atoms with E-state index in [-0.39, 0.29) is 13.2 Å². The zero-order chi connectivity index (χ0) is 27.4. The van der Waals surface area contributed by atoms with Gasteiger partial charge in [0.15, 0.2) is 5.84 Å². The van der Waals surface area contributed by atoms with E-state index >= 15 is 0 Å². The number of ether oxygens (including phenoxy) is 2. The first kappa shape index (κ1) is 27.1. The third kappa shape index (κ3) is 6.47. The molecule has 2 aliphatic heterocycles. The molecule has 2 aliphatic rings. The second-order valence-electron chi connectivity index (χ2n) is 9.86. The minimum atomic E-state index is -0.627. The van der Waals surface area contributed by atoms with Gasteiger partial charge in [0.1, 0.15) is 23.2 Å². The highest BCUT2D eigenvalue weighted by Gasteiger charge is 2.32. The molecule has 0 bridgehead atoms. The predicted molar refractivity (Wildman–Crippen MR) is 137 cm³/mol. The smallest absolute Gasteiger partial charge is 0.414 e. The molecule has 1 atom stereocenters. The Morgan fingerprint density at radius 3 is 2.74 bits per heavy atom. The summed E-state index contributed by atoms with van der Waals surface area (Å²) < 4.78 is 25.2. The highest BCUT2D eigenvalue weighted by atomic mass is 19.1. The van der Waals surface area contributed by atoms with Crippen LogP contribution in [0.3, 0.4) is 0 Å². The van der Waals surface area contributed by atoms with E-state index in [9.17, 15) is 19.1 Å². The fourth-order valence-corrected chi connectivity index (χ4v) is 3.88. The number of hydrogen-bond donors (Lipinski definition) is 3. The van der Waals surface area contributed by atoms with Crippen molar-refractivity contribution in [3.05, 3.63) is 48.0 Å². The van der Waals surface area contributed by atoms with Gasteiger partial charge in [-0.3, -0.25) is 15.3 Å². The molecule has 1 saturated heterocycles. The summed E-state index contributed by atoms with van der Waals surface area (Å²) in [5.41, 5.74) is 4.39. The lowest BCUT2D eigenvalue weighted by molar-refractivity contribution is -0.00154. The molecule has 12 nitrogen and oxygen atoms in total. The number of anilines is 1. The van der Waals surface area contributed by atoms with E-state index in [0.717, 1.165) is 0 Å². The van der Waals surface area contributed by atoms with E-state index in [2.05, 4.69) is 20.8 Å². The molecule has 13 heteroatoms. The van der Waals surface area contributed by atoms with Crippen LogP contribution in [0.2, 0.25) is 0 Å². The minimum absolute atomic E-state index is 0.158. The number of aromatic nitrogens is 1. The first-order chi connectivity index (χ1) is 18.0. The van der Waals surface area contributed by atoms with Crippen LogP contribution in [-0.4, -0.2) is 83.3 Å². The molecule has 38 heavy (non-hydrogen) atoms. The number of cyclic esters (lactones) is 1. The lowest BCUT2D eigenvalue weighted by atomic mass is 10.1. The van der Waals surface area contributed by atoms with Crippen LogP contribution in [0.25, 0.3) is 11.1 Å². The number of carbonyl (C=O) groups is 2. The fraction of sp³-hybridized carbons (Fsp3) is 0.440. The molecule has 0 unspecified atom stereocenters. The number of alkyl carbamates (subject to hydrolysis) is 1. The summed E-state index contributed by atoms with van der Waals surface area (Å²) in [6.45, 7) is 6.27. The number of rotatable bonds is 8. The van der Waals surface area contributed by atoms with Crippen molar-refractivity contribution in [3.63, 3.8) is 0 Å². The van der Waals surface area contributed by atoms with Crippen LogP contribution in [0, 0.1) is 5.82 Å². The molecule has 1 fully saturated rings. The molecule has 0 spiro atoms.